The predicted octanol–water partition coefficient (Wildman–Crippen LogP) is 4.51. The Morgan fingerprint density at radius 3 is 2.06 bits per heavy atom. The lowest BCUT2D eigenvalue weighted by molar-refractivity contribution is -0.175. The first-order chi connectivity index (χ1) is 16.5. The molecule has 4 rings (SSSR count). The van der Waals surface area contributed by atoms with Gasteiger partial charge < -0.3 is 20.1 Å². The molecule has 2 aliphatic rings. The van der Waals surface area contributed by atoms with Crippen molar-refractivity contribution in [3.8, 4) is 11.1 Å². The van der Waals surface area contributed by atoms with Gasteiger partial charge in [-0.3, -0.25) is 4.79 Å². The number of benzene rings is 2. The fraction of sp³-hybridized carbons (Fsp3) is 0.464. The second-order valence-corrected chi connectivity index (χ2v) is 10.7. The van der Waals surface area contributed by atoms with Crippen LogP contribution < -0.4 is 5.32 Å². The number of carboxylic acids is 1. The standard InChI is InChI=1S/C28H34N2O5/c1-16(2)23(25(31)30-15-28(4,5)24(30)26(32)33)17(3)29-27(34)35-14-22-20-12-8-6-10-18(20)19-11-7-9-13-21(19)22/h6-13,16-17,22-24H,14-15H2,1-5H3,(H,29,34)(H,32,33). The molecule has 2 amide bonds. The van der Waals surface area contributed by atoms with E-state index in [1.54, 1.807) is 6.92 Å². The average molecular weight is 479 g/mol. The lowest BCUT2D eigenvalue weighted by atomic mass is 9.73. The summed E-state index contributed by atoms with van der Waals surface area (Å²) in [5, 5.41) is 12.4. The second-order valence-electron chi connectivity index (χ2n) is 10.7. The first-order valence-corrected chi connectivity index (χ1v) is 12.2. The maximum atomic E-state index is 13.3. The van der Waals surface area contributed by atoms with Crippen molar-refractivity contribution in [2.24, 2.45) is 17.3 Å². The van der Waals surface area contributed by atoms with E-state index in [1.165, 1.54) is 4.90 Å². The summed E-state index contributed by atoms with van der Waals surface area (Å²) in [4.78, 5) is 39.2. The minimum atomic E-state index is -1.01. The molecule has 7 heteroatoms. The van der Waals surface area contributed by atoms with E-state index in [2.05, 4.69) is 29.6 Å². The SMILES string of the molecule is CC(C)C(C(=O)N1CC(C)(C)C1C(=O)O)C(C)NC(=O)OCC1c2ccccc2-c2ccccc21. The summed E-state index contributed by atoms with van der Waals surface area (Å²) >= 11 is 0. The van der Waals surface area contributed by atoms with Crippen LogP contribution in [0, 0.1) is 17.3 Å². The van der Waals surface area contributed by atoms with Crippen LogP contribution in [0.25, 0.3) is 11.1 Å². The minimum Gasteiger partial charge on any atom is -0.480 e. The highest BCUT2D eigenvalue weighted by Crippen LogP contribution is 2.44. The normalized spacial score (nSPS) is 19.8. The van der Waals surface area contributed by atoms with E-state index in [4.69, 9.17) is 4.74 Å². The van der Waals surface area contributed by atoms with Gasteiger partial charge in [0, 0.05) is 23.9 Å². The molecule has 3 unspecified atom stereocenters. The second kappa shape index (κ2) is 9.36. The molecule has 3 atom stereocenters. The zero-order valence-corrected chi connectivity index (χ0v) is 20.9. The fourth-order valence-electron chi connectivity index (χ4n) is 5.78. The van der Waals surface area contributed by atoms with Crippen LogP contribution in [0.1, 0.15) is 51.7 Å². The molecule has 2 N–H and O–H groups in total. The van der Waals surface area contributed by atoms with Crippen LogP contribution in [0.5, 0.6) is 0 Å². The Kier molecular flexibility index (Phi) is 6.62. The molecule has 186 valence electrons. The van der Waals surface area contributed by atoms with E-state index >= 15 is 0 Å². The third-order valence-electron chi connectivity index (χ3n) is 7.38. The van der Waals surface area contributed by atoms with Gasteiger partial charge in [0.05, 0.1) is 5.92 Å². The summed E-state index contributed by atoms with van der Waals surface area (Å²) in [6.45, 7) is 9.83. The number of rotatable bonds is 7. The van der Waals surface area contributed by atoms with Crippen LogP contribution in [0.3, 0.4) is 0 Å². The number of aliphatic carboxylic acids is 1. The number of nitrogens with zero attached hydrogens (tertiary/aromatic N) is 1. The summed E-state index contributed by atoms with van der Waals surface area (Å²) in [5.41, 5.74) is 4.09. The summed E-state index contributed by atoms with van der Waals surface area (Å²) in [6.07, 6.45) is -0.587. The fourth-order valence-corrected chi connectivity index (χ4v) is 5.78. The molecule has 7 nitrogen and oxygen atoms in total. The number of hydrogen-bond acceptors (Lipinski definition) is 4. The van der Waals surface area contributed by atoms with Crippen LogP contribution in [0.4, 0.5) is 4.79 Å². The molecular formula is C28H34N2O5. The Morgan fingerprint density at radius 1 is 1.03 bits per heavy atom. The van der Waals surface area contributed by atoms with Crippen molar-refractivity contribution in [1.82, 2.24) is 10.2 Å². The molecule has 1 aliphatic heterocycles. The zero-order valence-electron chi connectivity index (χ0n) is 20.9. The number of fused-ring (bicyclic) bond motifs is 3. The summed E-state index contributed by atoms with van der Waals surface area (Å²) in [7, 11) is 0. The van der Waals surface area contributed by atoms with Gasteiger partial charge in [0.25, 0.3) is 0 Å². The number of alkyl carbamates (subject to hydrolysis) is 1. The average Bonchev–Trinajstić information content (AvgIpc) is 3.09. The molecule has 0 saturated carbocycles. The van der Waals surface area contributed by atoms with Crippen molar-refractivity contribution in [3.05, 3.63) is 59.7 Å². The van der Waals surface area contributed by atoms with Gasteiger partial charge in [-0.05, 0) is 35.1 Å². The minimum absolute atomic E-state index is 0.0503. The van der Waals surface area contributed by atoms with Crippen LogP contribution in [0.15, 0.2) is 48.5 Å². The van der Waals surface area contributed by atoms with Crippen molar-refractivity contribution < 1.29 is 24.2 Å². The highest BCUT2D eigenvalue weighted by atomic mass is 16.5. The van der Waals surface area contributed by atoms with Crippen molar-refractivity contribution >= 4 is 18.0 Å². The molecule has 35 heavy (non-hydrogen) atoms. The van der Waals surface area contributed by atoms with E-state index in [0.29, 0.717) is 6.54 Å². The van der Waals surface area contributed by atoms with E-state index in [-0.39, 0.29) is 24.3 Å². The highest BCUT2D eigenvalue weighted by Gasteiger charge is 2.54. The van der Waals surface area contributed by atoms with E-state index in [9.17, 15) is 19.5 Å². The molecule has 1 fully saturated rings. The van der Waals surface area contributed by atoms with E-state index < -0.39 is 35.5 Å². The molecular weight excluding hydrogens is 444 g/mol. The molecule has 1 heterocycles. The van der Waals surface area contributed by atoms with Gasteiger partial charge in [-0.25, -0.2) is 9.59 Å². The molecule has 0 spiro atoms. The molecule has 0 radical (unpaired) electrons. The Hall–Kier alpha value is -3.35. The van der Waals surface area contributed by atoms with E-state index in [1.807, 2.05) is 52.0 Å². The van der Waals surface area contributed by atoms with Gasteiger partial charge in [0.1, 0.15) is 12.6 Å². The molecule has 2 aromatic carbocycles. The number of carbonyl (C=O) groups is 3. The zero-order chi connectivity index (χ0) is 25.5. The topological polar surface area (TPSA) is 95.9 Å². The number of amides is 2. The van der Waals surface area contributed by atoms with Gasteiger partial charge in [-0.15, -0.1) is 0 Å². The maximum absolute atomic E-state index is 13.3. The first-order valence-electron chi connectivity index (χ1n) is 12.2. The number of nitrogens with one attached hydrogen (secondary N) is 1. The van der Waals surface area contributed by atoms with Crippen LogP contribution >= 0.6 is 0 Å². The number of carbonyl (C=O) groups excluding carboxylic acids is 2. The van der Waals surface area contributed by atoms with Crippen molar-refractivity contribution in [2.75, 3.05) is 13.2 Å². The smallest absolute Gasteiger partial charge is 0.407 e. The first kappa shape index (κ1) is 24.8. The Morgan fingerprint density at radius 2 is 1.57 bits per heavy atom. The van der Waals surface area contributed by atoms with Crippen LogP contribution in [-0.2, 0) is 14.3 Å². The molecule has 0 aromatic heterocycles. The van der Waals surface area contributed by atoms with E-state index in [0.717, 1.165) is 22.3 Å². The van der Waals surface area contributed by atoms with Crippen molar-refractivity contribution in [3.63, 3.8) is 0 Å². The molecule has 0 bridgehead atoms. The summed E-state index contributed by atoms with van der Waals surface area (Å²) in [6, 6.07) is 14.9. The maximum Gasteiger partial charge on any atom is 0.407 e. The summed E-state index contributed by atoms with van der Waals surface area (Å²) < 4.78 is 5.64. The van der Waals surface area contributed by atoms with Gasteiger partial charge >= 0.3 is 12.1 Å². The Labute approximate surface area is 206 Å². The largest absolute Gasteiger partial charge is 0.480 e. The number of hydrogen-bond donors (Lipinski definition) is 2. The highest BCUT2D eigenvalue weighted by molar-refractivity contribution is 5.88. The van der Waals surface area contributed by atoms with Crippen LogP contribution in [-0.4, -0.2) is 53.2 Å². The van der Waals surface area contributed by atoms with Gasteiger partial charge in [-0.2, -0.15) is 0 Å². The third kappa shape index (κ3) is 4.51. The number of ether oxygens (including phenoxy) is 1. The molecule has 1 saturated heterocycles. The summed E-state index contributed by atoms with van der Waals surface area (Å²) in [5.74, 6) is -1.96. The third-order valence-corrected chi connectivity index (χ3v) is 7.38. The van der Waals surface area contributed by atoms with Crippen molar-refractivity contribution in [2.45, 2.75) is 52.6 Å². The molecule has 1 aliphatic carbocycles. The van der Waals surface area contributed by atoms with Crippen LogP contribution in [0.2, 0.25) is 0 Å². The van der Waals surface area contributed by atoms with Gasteiger partial charge in [0.2, 0.25) is 5.91 Å². The van der Waals surface area contributed by atoms with Crippen molar-refractivity contribution in [1.29, 1.82) is 0 Å². The molecule has 2 aromatic rings. The lowest BCUT2D eigenvalue weighted by Crippen LogP contribution is -2.69. The monoisotopic (exact) mass is 478 g/mol. The number of likely N-dealkylation sites (tertiary alicyclic amines) is 1. The quantitative estimate of drug-likeness (QED) is 0.611. The Balaban J connectivity index is 1.41. The van der Waals surface area contributed by atoms with Gasteiger partial charge in [0.15, 0.2) is 0 Å². The number of carboxylic acid groups (broad SMARTS) is 1. The lowest BCUT2D eigenvalue weighted by Gasteiger charge is -2.53. The predicted molar refractivity (Wildman–Crippen MR) is 133 cm³/mol. The van der Waals surface area contributed by atoms with Gasteiger partial charge in [-0.1, -0.05) is 76.2 Å². The Bertz CT molecular complexity index is 1100.